The lowest BCUT2D eigenvalue weighted by atomic mass is 9.57. The number of piperidine rings is 1. The zero-order chi connectivity index (χ0) is 17.4. The normalized spacial score (nSPS) is 38.9. The van der Waals surface area contributed by atoms with Gasteiger partial charge in [-0.25, -0.2) is 0 Å². The number of fused-ring (bicyclic) bond motifs is 1. The third-order valence-electron chi connectivity index (χ3n) is 7.29. The Kier molecular flexibility index (Phi) is 3.12. The van der Waals surface area contributed by atoms with Gasteiger partial charge < -0.3 is 14.7 Å². The Morgan fingerprint density at radius 2 is 2.12 bits per heavy atom. The molecule has 4 unspecified atom stereocenters. The minimum Gasteiger partial charge on any atom is -0.495 e. The molecule has 25 heavy (non-hydrogen) atoms. The molecule has 2 saturated heterocycles. The predicted octanol–water partition coefficient (Wildman–Crippen LogP) is 2.06. The second-order valence-corrected chi connectivity index (χ2v) is 8.24. The Balaban J connectivity index is 1.77. The zero-order valence-corrected chi connectivity index (χ0v) is 15.0. The molecule has 5 nitrogen and oxygen atoms in total. The maximum absolute atomic E-state index is 12.6. The van der Waals surface area contributed by atoms with Gasteiger partial charge in [0.2, 0.25) is 5.91 Å². The summed E-state index contributed by atoms with van der Waals surface area (Å²) in [6, 6.07) is 6.39. The highest BCUT2D eigenvalue weighted by Gasteiger charge is 2.69. The number of carbonyl (C=O) groups is 1. The molecule has 3 fully saturated rings. The van der Waals surface area contributed by atoms with E-state index in [2.05, 4.69) is 11.0 Å². The molecule has 1 saturated carbocycles. The first kappa shape index (κ1) is 15.6. The van der Waals surface area contributed by atoms with E-state index in [-0.39, 0.29) is 23.4 Å². The van der Waals surface area contributed by atoms with E-state index in [1.807, 2.05) is 17.0 Å². The Morgan fingerprint density at radius 3 is 2.88 bits per heavy atom. The van der Waals surface area contributed by atoms with Crippen LogP contribution >= 0.6 is 0 Å². The Morgan fingerprint density at radius 1 is 1.28 bits per heavy atom. The van der Waals surface area contributed by atoms with Gasteiger partial charge in [0.15, 0.2) is 0 Å². The van der Waals surface area contributed by atoms with Crippen LogP contribution in [0.1, 0.15) is 44.6 Å². The average Bonchev–Trinajstić information content (AvgIpc) is 3.13. The lowest BCUT2D eigenvalue weighted by molar-refractivity contribution is -0.123. The molecule has 5 heteroatoms. The highest BCUT2D eigenvalue weighted by atomic mass is 16.5. The SMILES string of the molecule is COc1cccc2c1N(C(C)=O)C1CCC3(O)CCCN4CCC21C43. The van der Waals surface area contributed by atoms with Gasteiger partial charge >= 0.3 is 0 Å². The van der Waals surface area contributed by atoms with E-state index in [4.69, 9.17) is 4.74 Å². The van der Waals surface area contributed by atoms with Gasteiger partial charge in [0, 0.05) is 18.4 Å². The standard InChI is InChI=1S/C20H26N2O3/c1-13(23)22-16-7-9-19(24)8-4-11-21-12-10-20(16,18(19)21)14-5-3-6-15(25-2)17(14)22/h3,5-6,16,18,24H,4,7-12H2,1-2H3. The molecule has 4 aliphatic rings. The summed E-state index contributed by atoms with van der Waals surface area (Å²) in [5, 5.41) is 11.5. The van der Waals surface area contributed by atoms with E-state index in [0.717, 1.165) is 56.6 Å². The summed E-state index contributed by atoms with van der Waals surface area (Å²) >= 11 is 0. The third-order valence-corrected chi connectivity index (χ3v) is 7.29. The monoisotopic (exact) mass is 342 g/mol. The van der Waals surface area contributed by atoms with Gasteiger partial charge in [0.1, 0.15) is 5.75 Å². The number of ether oxygens (including phenoxy) is 1. The summed E-state index contributed by atoms with van der Waals surface area (Å²) in [4.78, 5) is 17.1. The highest BCUT2D eigenvalue weighted by Crippen LogP contribution is 2.63. The molecule has 1 aliphatic carbocycles. The van der Waals surface area contributed by atoms with Crippen molar-refractivity contribution in [2.75, 3.05) is 25.1 Å². The molecule has 0 radical (unpaired) electrons. The van der Waals surface area contributed by atoms with Crippen LogP contribution in [0.5, 0.6) is 5.75 Å². The maximum atomic E-state index is 12.6. The van der Waals surface area contributed by atoms with Crippen LogP contribution in [0.25, 0.3) is 0 Å². The third kappa shape index (κ3) is 1.73. The minimum atomic E-state index is -0.627. The number of carbonyl (C=O) groups excluding carboxylic acids is 1. The van der Waals surface area contributed by atoms with E-state index < -0.39 is 5.60 Å². The molecule has 1 N–H and O–H groups in total. The van der Waals surface area contributed by atoms with Crippen molar-refractivity contribution in [3.63, 3.8) is 0 Å². The quantitative estimate of drug-likeness (QED) is 0.849. The van der Waals surface area contributed by atoms with Gasteiger partial charge in [-0.2, -0.15) is 0 Å². The van der Waals surface area contributed by atoms with Gasteiger partial charge in [-0.05, 0) is 56.8 Å². The average molecular weight is 342 g/mol. The van der Waals surface area contributed by atoms with Gasteiger partial charge in [0.05, 0.1) is 24.4 Å². The summed E-state index contributed by atoms with van der Waals surface area (Å²) in [5.74, 6) is 0.849. The molecule has 1 spiro atoms. The molecular formula is C20H26N2O3. The molecule has 4 atom stereocenters. The largest absolute Gasteiger partial charge is 0.495 e. The Labute approximate surface area is 148 Å². The van der Waals surface area contributed by atoms with Crippen molar-refractivity contribution in [1.82, 2.24) is 4.90 Å². The number of hydrogen-bond donors (Lipinski definition) is 1. The van der Waals surface area contributed by atoms with Crippen LogP contribution < -0.4 is 9.64 Å². The minimum absolute atomic E-state index is 0.0762. The van der Waals surface area contributed by atoms with E-state index >= 15 is 0 Å². The van der Waals surface area contributed by atoms with Crippen LogP contribution in [0.2, 0.25) is 0 Å². The van der Waals surface area contributed by atoms with Gasteiger partial charge in [-0.3, -0.25) is 9.69 Å². The summed E-state index contributed by atoms with van der Waals surface area (Å²) in [7, 11) is 1.67. The predicted molar refractivity (Wildman–Crippen MR) is 95.0 cm³/mol. The van der Waals surface area contributed by atoms with Crippen molar-refractivity contribution in [2.45, 2.75) is 62.1 Å². The summed E-state index contributed by atoms with van der Waals surface area (Å²) in [6.45, 7) is 3.72. The molecule has 0 bridgehead atoms. The first-order valence-electron chi connectivity index (χ1n) is 9.47. The number of methoxy groups -OCH3 is 1. The van der Waals surface area contributed by atoms with Gasteiger partial charge in [-0.15, -0.1) is 0 Å². The number of rotatable bonds is 1. The molecule has 134 valence electrons. The summed E-state index contributed by atoms with van der Waals surface area (Å²) in [6.07, 6.45) is 4.59. The fraction of sp³-hybridized carbons (Fsp3) is 0.650. The molecule has 1 aromatic rings. The van der Waals surface area contributed by atoms with Crippen molar-refractivity contribution in [1.29, 1.82) is 0 Å². The van der Waals surface area contributed by atoms with Crippen LogP contribution in [-0.2, 0) is 10.2 Å². The topological polar surface area (TPSA) is 53.0 Å². The lowest BCUT2D eigenvalue weighted by Crippen LogP contribution is -2.68. The summed E-state index contributed by atoms with van der Waals surface area (Å²) in [5.41, 5.74) is 1.36. The second-order valence-electron chi connectivity index (χ2n) is 8.24. The fourth-order valence-corrected chi connectivity index (χ4v) is 6.62. The van der Waals surface area contributed by atoms with Gasteiger partial charge in [0.25, 0.3) is 0 Å². The fourth-order valence-electron chi connectivity index (χ4n) is 6.62. The van der Waals surface area contributed by atoms with Crippen molar-refractivity contribution >= 4 is 11.6 Å². The molecule has 1 amide bonds. The van der Waals surface area contributed by atoms with E-state index in [1.165, 1.54) is 5.56 Å². The van der Waals surface area contributed by atoms with Crippen molar-refractivity contribution in [3.8, 4) is 5.75 Å². The highest BCUT2D eigenvalue weighted by molar-refractivity contribution is 5.98. The lowest BCUT2D eigenvalue weighted by Gasteiger charge is -2.56. The van der Waals surface area contributed by atoms with E-state index in [1.54, 1.807) is 14.0 Å². The molecule has 3 heterocycles. The number of benzene rings is 1. The second kappa shape index (κ2) is 4.98. The first-order chi connectivity index (χ1) is 12.0. The summed E-state index contributed by atoms with van der Waals surface area (Å²) < 4.78 is 5.64. The van der Waals surface area contributed by atoms with Crippen molar-refractivity contribution in [3.05, 3.63) is 23.8 Å². The molecule has 3 aliphatic heterocycles. The maximum Gasteiger partial charge on any atom is 0.224 e. The number of nitrogens with zero attached hydrogens (tertiary/aromatic N) is 2. The first-order valence-corrected chi connectivity index (χ1v) is 9.47. The van der Waals surface area contributed by atoms with E-state index in [9.17, 15) is 9.90 Å². The number of para-hydroxylation sites is 1. The molecule has 5 rings (SSSR count). The van der Waals surface area contributed by atoms with Crippen LogP contribution in [0, 0.1) is 0 Å². The van der Waals surface area contributed by atoms with Crippen molar-refractivity contribution in [2.24, 2.45) is 0 Å². The molecule has 1 aromatic carbocycles. The van der Waals surface area contributed by atoms with Crippen LogP contribution in [0.3, 0.4) is 0 Å². The zero-order valence-electron chi connectivity index (χ0n) is 15.0. The number of amides is 1. The van der Waals surface area contributed by atoms with Crippen LogP contribution in [-0.4, -0.2) is 53.8 Å². The van der Waals surface area contributed by atoms with Crippen molar-refractivity contribution < 1.29 is 14.6 Å². The smallest absolute Gasteiger partial charge is 0.224 e. The molecular weight excluding hydrogens is 316 g/mol. The molecule has 0 aromatic heterocycles. The van der Waals surface area contributed by atoms with Crippen LogP contribution in [0.15, 0.2) is 18.2 Å². The Hall–Kier alpha value is -1.59. The Bertz CT molecular complexity index is 750. The number of hydrogen-bond acceptors (Lipinski definition) is 4. The van der Waals surface area contributed by atoms with E-state index in [0.29, 0.717) is 0 Å². The van der Waals surface area contributed by atoms with Gasteiger partial charge in [-0.1, -0.05) is 12.1 Å². The number of anilines is 1. The van der Waals surface area contributed by atoms with Crippen LogP contribution in [0.4, 0.5) is 5.69 Å². The number of aliphatic hydroxyl groups is 1.